The Bertz CT molecular complexity index is 649. The van der Waals surface area contributed by atoms with Crippen molar-refractivity contribution >= 4 is 21.4 Å². The Hall–Kier alpha value is -2.02. The van der Waals surface area contributed by atoms with Crippen LogP contribution in [0.4, 0.5) is 11.4 Å². The van der Waals surface area contributed by atoms with Crippen LogP contribution in [0.1, 0.15) is 12.7 Å². The Balaban J connectivity index is 2.30. The van der Waals surface area contributed by atoms with Gasteiger partial charge in [-0.15, -0.1) is 0 Å². The van der Waals surface area contributed by atoms with Gasteiger partial charge in [-0.25, -0.2) is 4.98 Å². The average molecular weight is 266 g/mol. The van der Waals surface area contributed by atoms with E-state index in [1.807, 2.05) is 6.92 Å². The molecule has 0 spiro atoms. The quantitative estimate of drug-likeness (QED) is 0.727. The molecule has 0 aliphatic rings. The predicted octanol–water partition coefficient (Wildman–Crippen LogP) is 1.36. The first-order valence-corrected chi connectivity index (χ1v) is 6.92. The van der Waals surface area contributed by atoms with Crippen molar-refractivity contribution in [1.82, 2.24) is 9.97 Å². The molecule has 7 heteroatoms. The highest BCUT2D eigenvalue weighted by molar-refractivity contribution is 7.92. The largest absolute Gasteiger partial charge is 0.397 e. The van der Waals surface area contributed by atoms with Crippen molar-refractivity contribution in [1.29, 1.82) is 0 Å². The zero-order chi connectivity index (χ0) is 13.2. The smallest absolute Gasteiger partial charge is 0.279 e. The number of nitrogen functional groups attached to an aromatic ring is 1. The molecule has 0 radical (unpaired) electrons. The number of H-pyrrole nitrogens is 1. The fraction of sp³-hybridized carbons (Fsp3) is 0.182. The fourth-order valence-electron chi connectivity index (χ4n) is 1.45. The number of aromatic amines is 1. The topological polar surface area (TPSA) is 101 Å². The average Bonchev–Trinajstić information content (AvgIpc) is 2.81. The van der Waals surface area contributed by atoms with Crippen LogP contribution in [0.2, 0.25) is 0 Å². The normalized spacial score (nSPS) is 11.4. The van der Waals surface area contributed by atoms with E-state index in [1.54, 1.807) is 24.3 Å². The number of nitrogens with two attached hydrogens (primary N) is 1. The number of aryl methyl sites for hydroxylation is 1. The zero-order valence-electron chi connectivity index (χ0n) is 9.84. The molecule has 18 heavy (non-hydrogen) atoms. The number of benzene rings is 1. The minimum atomic E-state index is -3.67. The van der Waals surface area contributed by atoms with Gasteiger partial charge in [-0.1, -0.05) is 19.1 Å². The lowest BCUT2D eigenvalue weighted by molar-refractivity contribution is 0.598. The molecule has 0 bridgehead atoms. The first kappa shape index (κ1) is 12.4. The summed E-state index contributed by atoms with van der Waals surface area (Å²) >= 11 is 0. The maximum absolute atomic E-state index is 12.0. The molecule has 2 aromatic rings. The van der Waals surface area contributed by atoms with E-state index >= 15 is 0 Å². The third-order valence-corrected chi connectivity index (χ3v) is 3.71. The molecule has 0 saturated heterocycles. The summed E-state index contributed by atoms with van der Waals surface area (Å²) in [5.41, 5.74) is 6.41. The summed E-state index contributed by atoms with van der Waals surface area (Å²) in [6, 6.07) is 6.67. The standard InChI is InChI=1S/C11H14N4O2S/c1-2-10-13-7-11(14-10)18(16,17)15-9-6-4-3-5-8(9)12/h3-7,15H,2,12H2,1H3,(H,13,14). The predicted molar refractivity (Wildman–Crippen MR) is 69.6 cm³/mol. The van der Waals surface area contributed by atoms with Crippen LogP contribution in [-0.2, 0) is 16.4 Å². The summed E-state index contributed by atoms with van der Waals surface area (Å²) in [7, 11) is -3.67. The summed E-state index contributed by atoms with van der Waals surface area (Å²) in [4.78, 5) is 6.70. The van der Waals surface area contributed by atoms with E-state index in [0.717, 1.165) is 0 Å². The Labute approximate surface area is 105 Å². The molecule has 0 fully saturated rings. The second-order valence-corrected chi connectivity index (χ2v) is 5.39. The van der Waals surface area contributed by atoms with Crippen molar-refractivity contribution in [2.45, 2.75) is 18.4 Å². The van der Waals surface area contributed by atoms with Crippen molar-refractivity contribution in [3.8, 4) is 0 Å². The molecule has 0 amide bonds. The van der Waals surface area contributed by atoms with Crippen LogP contribution in [0.3, 0.4) is 0 Å². The first-order chi connectivity index (χ1) is 8.53. The van der Waals surface area contributed by atoms with Crippen LogP contribution in [0.15, 0.2) is 35.5 Å². The lowest BCUT2D eigenvalue weighted by Crippen LogP contribution is -2.14. The van der Waals surface area contributed by atoms with Gasteiger partial charge in [-0.05, 0) is 12.1 Å². The van der Waals surface area contributed by atoms with Gasteiger partial charge < -0.3 is 10.7 Å². The maximum atomic E-state index is 12.0. The van der Waals surface area contributed by atoms with Crippen LogP contribution >= 0.6 is 0 Å². The number of para-hydroxylation sites is 2. The second-order valence-electron chi connectivity index (χ2n) is 3.74. The first-order valence-electron chi connectivity index (χ1n) is 5.44. The van der Waals surface area contributed by atoms with Crippen molar-refractivity contribution in [2.75, 3.05) is 10.5 Å². The SMILES string of the molecule is CCc1ncc(S(=O)(=O)Nc2ccccc2N)[nH]1. The van der Waals surface area contributed by atoms with Crippen LogP contribution < -0.4 is 10.5 Å². The van der Waals surface area contributed by atoms with Gasteiger partial charge in [0, 0.05) is 6.42 Å². The lowest BCUT2D eigenvalue weighted by atomic mass is 10.3. The van der Waals surface area contributed by atoms with Gasteiger partial charge in [0.25, 0.3) is 10.0 Å². The second kappa shape index (κ2) is 4.69. The Morgan fingerprint density at radius 2 is 2.11 bits per heavy atom. The van der Waals surface area contributed by atoms with Crippen LogP contribution in [0, 0.1) is 0 Å². The van der Waals surface area contributed by atoms with E-state index in [2.05, 4.69) is 14.7 Å². The Morgan fingerprint density at radius 1 is 1.39 bits per heavy atom. The summed E-state index contributed by atoms with van der Waals surface area (Å²) in [5.74, 6) is 0.622. The Kier molecular flexibility index (Phi) is 3.24. The highest BCUT2D eigenvalue weighted by Gasteiger charge is 2.17. The summed E-state index contributed by atoms with van der Waals surface area (Å²) in [6.07, 6.45) is 1.93. The molecule has 0 unspecified atom stereocenters. The van der Waals surface area contributed by atoms with Gasteiger partial charge in [0.1, 0.15) is 5.82 Å². The van der Waals surface area contributed by atoms with Gasteiger partial charge >= 0.3 is 0 Å². The van der Waals surface area contributed by atoms with Crippen molar-refractivity contribution < 1.29 is 8.42 Å². The molecule has 0 aliphatic carbocycles. The van der Waals surface area contributed by atoms with Crippen LogP contribution in [0.25, 0.3) is 0 Å². The van der Waals surface area contributed by atoms with Gasteiger partial charge in [-0.3, -0.25) is 4.72 Å². The number of nitrogens with zero attached hydrogens (tertiary/aromatic N) is 1. The summed E-state index contributed by atoms with van der Waals surface area (Å²) in [6.45, 7) is 1.89. The Morgan fingerprint density at radius 3 is 2.72 bits per heavy atom. The van der Waals surface area contributed by atoms with Crippen molar-refractivity contribution in [3.63, 3.8) is 0 Å². The molecule has 6 nitrogen and oxygen atoms in total. The van der Waals surface area contributed by atoms with Crippen LogP contribution in [0.5, 0.6) is 0 Å². The number of imidazole rings is 1. The van der Waals surface area contributed by atoms with E-state index in [4.69, 9.17) is 5.73 Å². The molecule has 1 heterocycles. The molecule has 2 rings (SSSR count). The molecule has 1 aromatic carbocycles. The van der Waals surface area contributed by atoms with Crippen molar-refractivity contribution in [3.05, 3.63) is 36.3 Å². The van der Waals surface area contributed by atoms with E-state index in [9.17, 15) is 8.42 Å². The fourth-order valence-corrected chi connectivity index (χ4v) is 2.48. The highest BCUT2D eigenvalue weighted by Crippen LogP contribution is 2.20. The summed E-state index contributed by atoms with van der Waals surface area (Å²) in [5, 5.41) is 0.0302. The third-order valence-electron chi connectivity index (χ3n) is 2.43. The van der Waals surface area contributed by atoms with Gasteiger partial charge in [0.05, 0.1) is 17.6 Å². The number of anilines is 2. The number of aromatic nitrogens is 2. The number of nitrogens with one attached hydrogen (secondary N) is 2. The molecule has 96 valence electrons. The number of sulfonamides is 1. The number of rotatable bonds is 4. The third kappa shape index (κ3) is 2.45. The molecule has 4 N–H and O–H groups in total. The van der Waals surface area contributed by atoms with E-state index < -0.39 is 10.0 Å². The molecule has 1 aromatic heterocycles. The molecule has 0 atom stereocenters. The molecular weight excluding hydrogens is 252 g/mol. The van der Waals surface area contributed by atoms with Crippen LogP contribution in [-0.4, -0.2) is 18.4 Å². The molecule has 0 saturated carbocycles. The maximum Gasteiger partial charge on any atom is 0.279 e. The highest BCUT2D eigenvalue weighted by atomic mass is 32.2. The number of hydrogen-bond acceptors (Lipinski definition) is 4. The minimum Gasteiger partial charge on any atom is -0.397 e. The van der Waals surface area contributed by atoms with E-state index in [1.165, 1.54) is 6.20 Å². The lowest BCUT2D eigenvalue weighted by Gasteiger charge is -2.08. The van der Waals surface area contributed by atoms with Gasteiger partial charge in [0.15, 0.2) is 5.03 Å². The number of hydrogen-bond donors (Lipinski definition) is 3. The van der Waals surface area contributed by atoms with Gasteiger partial charge in [0.2, 0.25) is 0 Å². The van der Waals surface area contributed by atoms with Gasteiger partial charge in [-0.2, -0.15) is 8.42 Å². The zero-order valence-corrected chi connectivity index (χ0v) is 10.7. The minimum absolute atomic E-state index is 0.0302. The monoisotopic (exact) mass is 266 g/mol. The summed E-state index contributed by atoms with van der Waals surface area (Å²) < 4.78 is 26.5. The van der Waals surface area contributed by atoms with E-state index in [-0.39, 0.29) is 5.03 Å². The molecule has 0 aliphatic heterocycles. The van der Waals surface area contributed by atoms with Crippen molar-refractivity contribution in [2.24, 2.45) is 0 Å². The molecular formula is C11H14N4O2S. The van der Waals surface area contributed by atoms with E-state index in [0.29, 0.717) is 23.6 Å².